The van der Waals surface area contributed by atoms with Gasteiger partial charge in [0.05, 0.1) is 10.6 Å². The van der Waals surface area contributed by atoms with Gasteiger partial charge in [-0.05, 0) is 59.8 Å². The quantitative estimate of drug-likeness (QED) is 0.681. The summed E-state index contributed by atoms with van der Waals surface area (Å²) >= 11 is 1.02. The van der Waals surface area contributed by atoms with Crippen molar-refractivity contribution < 1.29 is 13.9 Å². The van der Waals surface area contributed by atoms with E-state index in [1.54, 1.807) is 48.8 Å². The zero-order valence-electron chi connectivity index (χ0n) is 14.4. The van der Waals surface area contributed by atoms with Crippen LogP contribution in [0.15, 0.2) is 76.9 Å². The molecule has 0 unspecified atom stereocenters. The van der Waals surface area contributed by atoms with Crippen LogP contribution in [0.4, 0.5) is 14.9 Å². The highest BCUT2D eigenvalue weighted by atomic mass is 32.2. The predicted octanol–water partition coefficient (Wildman–Crippen LogP) is 4.94. The summed E-state index contributed by atoms with van der Waals surface area (Å²) < 4.78 is 19.0. The van der Waals surface area contributed by atoms with Crippen LogP contribution >= 0.6 is 11.8 Å². The highest BCUT2D eigenvalue weighted by Gasteiger charge is 2.23. The number of aromatic nitrogens is 2. The van der Waals surface area contributed by atoms with Crippen LogP contribution in [-0.4, -0.2) is 21.0 Å². The number of amidine groups is 1. The predicted molar refractivity (Wildman–Crippen MR) is 106 cm³/mol. The number of nitrogens with zero attached hydrogens (tertiary/aromatic N) is 3. The Kier molecular flexibility index (Phi) is 5.11. The van der Waals surface area contributed by atoms with Gasteiger partial charge in [-0.15, -0.1) is 0 Å². The van der Waals surface area contributed by atoms with E-state index in [1.165, 1.54) is 12.1 Å². The Hall–Kier alpha value is -3.52. The molecule has 0 aliphatic carbocycles. The first-order chi connectivity index (χ1) is 13.7. The van der Waals surface area contributed by atoms with Crippen molar-refractivity contribution in [2.24, 2.45) is 4.99 Å². The number of nitrogens with one attached hydrogen (secondary N) is 1. The molecule has 1 aliphatic heterocycles. The summed E-state index contributed by atoms with van der Waals surface area (Å²) in [6.07, 6.45) is 4.99. The summed E-state index contributed by atoms with van der Waals surface area (Å²) in [6.45, 7) is 0. The second kappa shape index (κ2) is 8.01. The zero-order valence-corrected chi connectivity index (χ0v) is 15.2. The Morgan fingerprint density at radius 1 is 1.07 bits per heavy atom. The Balaban J connectivity index is 1.61. The van der Waals surface area contributed by atoms with Gasteiger partial charge in [0.2, 0.25) is 0 Å². The summed E-state index contributed by atoms with van der Waals surface area (Å²) in [5, 5.41) is 2.43. The SMILES string of the molecule is O=C1NC(=Nc2cccc(F)c2)C(=Cc2cccc(Oc3ncccn3)c2)S1. The number of ether oxygens (including phenoxy) is 1. The van der Waals surface area contributed by atoms with E-state index in [-0.39, 0.29) is 11.2 Å². The first kappa shape index (κ1) is 17.9. The molecular weight excluding hydrogens is 379 g/mol. The lowest BCUT2D eigenvalue weighted by Gasteiger charge is -2.04. The fraction of sp³-hybridized carbons (Fsp3) is 0. The van der Waals surface area contributed by atoms with Gasteiger partial charge in [0.25, 0.3) is 5.24 Å². The lowest BCUT2D eigenvalue weighted by atomic mass is 10.2. The molecule has 2 aromatic carbocycles. The summed E-state index contributed by atoms with van der Waals surface area (Å²) in [6, 6.07) is 15.1. The third-order valence-corrected chi connectivity index (χ3v) is 4.43. The van der Waals surface area contributed by atoms with E-state index in [9.17, 15) is 9.18 Å². The zero-order chi connectivity index (χ0) is 19.3. The van der Waals surface area contributed by atoms with E-state index in [1.807, 2.05) is 12.1 Å². The second-order valence-electron chi connectivity index (χ2n) is 5.67. The van der Waals surface area contributed by atoms with Crippen molar-refractivity contribution in [2.45, 2.75) is 0 Å². The van der Waals surface area contributed by atoms with Gasteiger partial charge in [0.1, 0.15) is 17.4 Å². The fourth-order valence-corrected chi connectivity index (χ4v) is 3.19. The molecule has 1 N–H and O–H groups in total. The lowest BCUT2D eigenvalue weighted by Crippen LogP contribution is -2.18. The number of halogens is 1. The lowest BCUT2D eigenvalue weighted by molar-refractivity contribution is 0.265. The van der Waals surface area contributed by atoms with Crippen molar-refractivity contribution >= 4 is 34.6 Å². The van der Waals surface area contributed by atoms with Crippen molar-refractivity contribution in [1.29, 1.82) is 0 Å². The third-order valence-electron chi connectivity index (χ3n) is 3.61. The maximum atomic E-state index is 13.4. The smallest absolute Gasteiger partial charge is 0.321 e. The molecule has 0 spiro atoms. The van der Waals surface area contributed by atoms with Crippen LogP contribution < -0.4 is 10.1 Å². The van der Waals surface area contributed by atoms with Crippen molar-refractivity contribution in [3.8, 4) is 11.8 Å². The highest BCUT2D eigenvalue weighted by molar-refractivity contribution is 8.18. The highest BCUT2D eigenvalue weighted by Crippen LogP contribution is 2.29. The molecule has 1 aromatic heterocycles. The second-order valence-corrected chi connectivity index (χ2v) is 6.68. The molecule has 8 heteroatoms. The van der Waals surface area contributed by atoms with E-state index in [2.05, 4.69) is 20.3 Å². The minimum atomic E-state index is -0.391. The number of thioether (sulfide) groups is 1. The maximum Gasteiger partial charge on any atom is 0.321 e. The van der Waals surface area contributed by atoms with Gasteiger partial charge in [-0.1, -0.05) is 18.2 Å². The third kappa shape index (κ3) is 4.41. The summed E-state index contributed by atoms with van der Waals surface area (Å²) in [4.78, 5) is 24.9. The van der Waals surface area contributed by atoms with Crippen molar-refractivity contribution in [2.75, 3.05) is 0 Å². The molecule has 1 aliphatic rings. The topological polar surface area (TPSA) is 76.5 Å². The molecule has 0 bridgehead atoms. The number of carbonyl (C=O) groups is 1. The van der Waals surface area contributed by atoms with Gasteiger partial charge in [0.15, 0.2) is 0 Å². The van der Waals surface area contributed by atoms with Crippen LogP contribution in [0.3, 0.4) is 0 Å². The monoisotopic (exact) mass is 392 g/mol. The number of hydrogen-bond donors (Lipinski definition) is 1. The molecular formula is C20H13FN4O2S. The normalized spacial score (nSPS) is 16.4. The first-order valence-corrected chi connectivity index (χ1v) is 9.07. The molecule has 0 saturated carbocycles. The molecule has 0 radical (unpaired) electrons. The van der Waals surface area contributed by atoms with E-state index < -0.39 is 5.82 Å². The van der Waals surface area contributed by atoms with Crippen LogP contribution in [0.1, 0.15) is 5.56 Å². The summed E-state index contributed by atoms with van der Waals surface area (Å²) in [7, 11) is 0. The molecule has 1 amide bonds. The molecule has 28 heavy (non-hydrogen) atoms. The number of rotatable bonds is 4. The van der Waals surface area contributed by atoms with Crippen molar-refractivity contribution in [3.63, 3.8) is 0 Å². The van der Waals surface area contributed by atoms with Crippen LogP contribution in [0.2, 0.25) is 0 Å². The fourth-order valence-electron chi connectivity index (χ4n) is 2.45. The standard InChI is InChI=1S/C20H13FN4O2S/c21-14-5-2-6-15(12-14)24-18-17(28-20(26)25-18)11-13-4-1-7-16(10-13)27-19-22-8-3-9-23-19/h1-12H,(H,24,25,26). The van der Waals surface area contributed by atoms with Gasteiger partial charge in [-0.3, -0.25) is 4.79 Å². The number of carbonyl (C=O) groups excluding carboxylic acids is 1. The molecule has 4 rings (SSSR count). The summed E-state index contributed by atoms with van der Waals surface area (Å²) in [5.41, 5.74) is 1.22. The van der Waals surface area contributed by atoms with E-state index in [4.69, 9.17) is 4.74 Å². The molecule has 1 fully saturated rings. The first-order valence-electron chi connectivity index (χ1n) is 8.26. The number of amides is 1. The molecule has 6 nitrogen and oxygen atoms in total. The minimum absolute atomic E-state index is 0.243. The van der Waals surface area contributed by atoms with E-state index in [0.717, 1.165) is 17.3 Å². The van der Waals surface area contributed by atoms with Gasteiger partial charge >= 0.3 is 6.01 Å². The molecule has 2 heterocycles. The Morgan fingerprint density at radius 2 is 1.89 bits per heavy atom. The largest absolute Gasteiger partial charge is 0.424 e. The van der Waals surface area contributed by atoms with Crippen LogP contribution in [0.5, 0.6) is 11.8 Å². The molecule has 1 saturated heterocycles. The van der Waals surface area contributed by atoms with Gasteiger partial charge in [-0.25, -0.2) is 19.4 Å². The van der Waals surface area contributed by atoms with E-state index in [0.29, 0.717) is 22.2 Å². The van der Waals surface area contributed by atoms with Crippen LogP contribution in [0, 0.1) is 5.82 Å². The average Bonchev–Trinajstić information content (AvgIpc) is 3.01. The Labute approximate surface area is 164 Å². The minimum Gasteiger partial charge on any atom is -0.424 e. The Bertz CT molecular complexity index is 1090. The number of benzene rings is 2. The number of aliphatic imine (C=N–C) groups is 1. The van der Waals surface area contributed by atoms with Gasteiger partial charge < -0.3 is 10.1 Å². The number of hydrogen-bond acceptors (Lipinski definition) is 6. The maximum absolute atomic E-state index is 13.4. The van der Waals surface area contributed by atoms with Crippen LogP contribution in [0.25, 0.3) is 6.08 Å². The van der Waals surface area contributed by atoms with Gasteiger partial charge in [-0.2, -0.15) is 0 Å². The average molecular weight is 392 g/mol. The molecule has 3 aromatic rings. The molecule has 138 valence electrons. The van der Waals surface area contributed by atoms with Crippen molar-refractivity contribution in [3.05, 3.63) is 83.3 Å². The van der Waals surface area contributed by atoms with Gasteiger partial charge in [0, 0.05) is 12.4 Å². The molecule has 0 atom stereocenters. The van der Waals surface area contributed by atoms with E-state index >= 15 is 0 Å². The van der Waals surface area contributed by atoms with Crippen LogP contribution in [-0.2, 0) is 0 Å². The van der Waals surface area contributed by atoms with Crippen molar-refractivity contribution in [1.82, 2.24) is 15.3 Å². The Morgan fingerprint density at radius 3 is 2.71 bits per heavy atom. The summed E-state index contributed by atoms with van der Waals surface area (Å²) in [5.74, 6) is 0.544.